The molecule has 0 aliphatic heterocycles. The van der Waals surface area contributed by atoms with E-state index >= 15 is 0 Å². The normalized spacial score (nSPS) is 11.7. The third kappa shape index (κ3) is 4.94. The van der Waals surface area contributed by atoms with Crippen LogP contribution < -0.4 is 10.6 Å². The van der Waals surface area contributed by atoms with Crippen LogP contribution >= 0.6 is 34.0 Å². The van der Waals surface area contributed by atoms with Gasteiger partial charge in [0.05, 0.1) is 4.88 Å². The Morgan fingerprint density at radius 1 is 1.00 bits per heavy atom. The third-order valence-electron chi connectivity index (χ3n) is 4.07. The number of rotatable bonds is 7. The van der Waals surface area contributed by atoms with Crippen LogP contribution in [0.5, 0.6) is 0 Å². The second-order valence-corrected chi connectivity index (χ2v) is 8.81. The molecular weight excluding hydrogens is 424 g/mol. The molecule has 0 saturated carbocycles. The molecule has 0 spiro atoms. The number of thiophene rings is 2. The van der Waals surface area contributed by atoms with Gasteiger partial charge in [-0.15, -0.1) is 21.5 Å². The molecule has 1 aromatic carbocycles. The van der Waals surface area contributed by atoms with Crippen LogP contribution in [0, 0.1) is 0 Å². The molecule has 4 aromatic rings. The minimum absolute atomic E-state index is 0.271. The first-order valence-electron chi connectivity index (χ1n) is 8.74. The lowest BCUT2D eigenvalue weighted by molar-refractivity contribution is -0.118. The fraction of sp³-hybridized carbons (Fsp3) is 0.100. The Balaban J connectivity index is 1.50. The molecular formula is C20H16N4O2S3. The molecule has 3 aromatic heterocycles. The number of nitrogens with zero attached hydrogens (tertiary/aromatic N) is 2. The molecule has 29 heavy (non-hydrogen) atoms. The minimum atomic E-state index is -0.736. The van der Waals surface area contributed by atoms with Crippen LogP contribution in [0.4, 0.5) is 5.13 Å². The lowest BCUT2D eigenvalue weighted by Crippen LogP contribution is -2.45. The summed E-state index contributed by atoms with van der Waals surface area (Å²) in [6, 6.07) is 14.3. The second kappa shape index (κ2) is 9.08. The standard InChI is InChI=1S/C20H16N4O2S3/c25-17(22-20-24-23-19(29-20)14-8-10-27-12-14)15(11-13-5-2-1-3-6-13)21-18(26)16-7-4-9-28-16/h1-10,12,15H,11H2,(H,21,26)(H,22,24,25). The van der Waals surface area contributed by atoms with Gasteiger partial charge >= 0.3 is 0 Å². The molecule has 146 valence electrons. The molecule has 2 amide bonds. The van der Waals surface area contributed by atoms with Gasteiger partial charge in [-0.25, -0.2) is 0 Å². The van der Waals surface area contributed by atoms with E-state index in [0.717, 1.165) is 16.1 Å². The Kier molecular flexibility index (Phi) is 6.09. The smallest absolute Gasteiger partial charge is 0.262 e. The summed E-state index contributed by atoms with van der Waals surface area (Å²) in [4.78, 5) is 26.0. The minimum Gasteiger partial charge on any atom is -0.339 e. The number of nitrogens with one attached hydrogen (secondary N) is 2. The Bertz CT molecular complexity index is 1080. The molecule has 4 rings (SSSR count). The number of anilines is 1. The zero-order valence-corrected chi connectivity index (χ0v) is 17.5. The monoisotopic (exact) mass is 440 g/mol. The first-order chi connectivity index (χ1) is 14.2. The molecule has 9 heteroatoms. The highest BCUT2D eigenvalue weighted by Gasteiger charge is 2.23. The van der Waals surface area contributed by atoms with Crippen molar-refractivity contribution >= 4 is 51.0 Å². The summed E-state index contributed by atoms with van der Waals surface area (Å²) in [7, 11) is 0. The quantitative estimate of drug-likeness (QED) is 0.449. The molecule has 0 radical (unpaired) electrons. The highest BCUT2D eigenvalue weighted by atomic mass is 32.1. The van der Waals surface area contributed by atoms with Crippen molar-refractivity contribution in [2.24, 2.45) is 0 Å². The van der Waals surface area contributed by atoms with Gasteiger partial charge < -0.3 is 5.32 Å². The number of benzene rings is 1. The lowest BCUT2D eigenvalue weighted by atomic mass is 10.1. The van der Waals surface area contributed by atoms with Crippen molar-refractivity contribution in [1.82, 2.24) is 15.5 Å². The van der Waals surface area contributed by atoms with Gasteiger partial charge in [-0.3, -0.25) is 14.9 Å². The van der Waals surface area contributed by atoms with E-state index in [-0.39, 0.29) is 11.8 Å². The van der Waals surface area contributed by atoms with E-state index in [9.17, 15) is 9.59 Å². The molecule has 1 atom stereocenters. The lowest BCUT2D eigenvalue weighted by Gasteiger charge is -2.17. The van der Waals surface area contributed by atoms with Gasteiger partial charge in [-0.2, -0.15) is 11.3 Å². The average molecular weight is 441 g/mol. The fourth-order valence-electron chi connectivity index (χ4n) is 2.67. The maximum Gasteiger partial charge on any atom is 0.262 e. The highest BCUT2D eigenvalue weighted by Crippen LogP contribution is 2.28. The van der Waals surface area contributed by atoms with Gasteiger partial charge in [0.15, 0.2) is 0 Å². The van der Waals surface area contributed by atoms with Crippen LogP contribution in [0.1, 0.15) is 15.2 Å². The number of hydrogen-bond donors (Lipinski definition) is 2. The van der Waals surface area contributed by atoms with E-state index in [0.29, 0.717) is 16.4 Å². The maximum atomic E-state index is 12.9. The summed E-state index contributed by atoms with van der Waals surface area (Å²) in [6.45, 7) is 0. The zero-order chi connectivity index (χ0) is 20.1. The van der Waals surface area contributed by atoms with E-state index in [2.05, 4.69) is 20.8 Å². The number of hydrogen-bond acceptors (Lipinski definition) is 7. The summed E-state index contributed by atoms with van der Waals surface area (Å²) < 4.78 is 0. The molecule has 0 aliphatic rings. The molecule has 1 unspecified atom stereocenters. The predicted molar refractivity (Wildman–Crippen MR) is 118 cm³/mol. The molecule has 2 N–H and O–H groups in total. The van der Waals surface area contributed by atoms with E-state index in [1.165, 1.54) is 22.7 Å². The van der Waals surface area contributed by atoms with Crippen molar-refractivity contribution in [3.8, 4) is 10.6 Å². The summed E-state index contributed by atoms with van der Waals surface area (Å²) in [6.07, 6.45) is 0.375. The predicted octanol–water partition coefficient (Wildman–Crippen LogP) is 4.31. The largest absolute Gasteiger partial charge is 0.339 e. The van der Waals surface area contributed by atoms with Gasteiger partial charge in [0, 0.05) is 17.4 Å². The van der Waals surface area contributed by atoms with Crippen LogP contribution in [0.15, 0.2) is 64.7 Å². The van der Waals surface area contributed by atoms with E-state index in [1.54, 1.807) is 23.5 Å². The summed E-state index contributed by atoms with van der Waals surface area (Å²) in [5.41, 5.74) is 1.93. The number of carbonyl (C=O) groups excluding carboxylic acids is 2. The van der Waals surface area contributed by atoms with Crippen molar-refractivity contribution in [2.75, 3.05) is 5.32 Å². The van der Waals surface area contributed by atoms with Crippen molar-refractivity contribution < 1.29 is 9.59 Å². The first-order valence-corrected chi connectivity index (χ1v) is 11.4. The zero-order valence-electron chi connectivity index (χ0n) is 15.1. The van der Waals surface area contributed by atoms with Crippen molar-refractivity contribution in [3.05, 3.63) is 75.1 Å². The summed E-state index contributed by atoms with van der Waals surface area (Å²) >= 11 is 4.21. The SMILES string of the molecule is O=C(NC(Cc1ccccc1)C(=O)Nc1nnc(-c2ccsc2)s1)c1cccs1. The summed E-state index contributed by atoms with van der Waals surface area (Å²) in [5, 5.41) is 20.7. The molecule has 6 nitrogen and oxygen atoms in total. The van der Waals surface area contributed by atoms with Crippen LogP contribution in [0.3, 0.4) is 0 Å². The average Bonchev–Trinajstić information content (AvgIpc) is 3.49. The molecule has 3 heterocycles. The molecule has 0 bridgehead atoms. The van der Waals surface area contributed by atoms with Crippen molar-refractivity contribution in [1.29, 1.82) is 0 Å². The molecule has 0 aliphatic carbocycles. The fourth-order valence-corrected chi connectivity index (χ4v) is 4.75. The van der Waals surface area contributed by atoms with Gasteiger partial charge in [0.25, 0.3) is 5.91 Å². The van der Waals surface area contributed by atoms with E-state index in [1.807, 2.05) is 52.5 Å². The van der Waals surface area contributed by atoms with Crippen LogP contribution in [-0.4, -0.2) is 28.1 Å². The Morgan fingerprint density at radius 3 is 2.59 bits per heavy atom. The number of amides is 2. The molecule has 0 saturated heterocycles. The maximum absolute atomic E-state index is 12.9. The third-order valence-corrected chi connectivity index (χ3v) is 6.51. The van der Waals surface area contributed by atoms with E-state index < -0.39 is 6.04 Å². The van der Waals surface area contributed by atoms with Crippen LogP contribution in [-0.2, 0) is 11.2 Å². The highest BCUT2D eigenvalue weighted by molar-refractivity contribution is 7.19. The van der Waals surface area contributed by atoms with Crippen LogP contribution in [0.25, 0.3) is 10.6 Å². The van der Waals surface area contributed by atoms with Gasteiger partial charge in [-0.05, 0) is 28.5 Å². The Hall–Kier alpha value is -2.88. The number of aromatic nitrogens is 2. The van der Waals surface area contributed by atoms with Crippen molar-refractivity contribution in [3.63, 3.8) is 0 Å². The van der Waals surface area contributed by atoms with Crippen molar-refractivity contribution in [2.45, 2.75) is 12.5 Å². The van der Waals surface area contributed by atoms with Crippen LogP contribution in [0.2, 0.25) is 0 Å². The van der Waals surface area contributed by atoms with E-state index in [4.69, 9.17) is 0 Å². The van der Waals surface area contributed by atoms with Gasteiger partial charge in [0.2, 0.25) is 11.0 Å². The Morgan fingerprint density at radius 2 is 1.86 bits per heavy atom. The first kappa shape index (κ1) is 19.4. The molecule has 0 fully saturated rings. The Labute approximate surface area is 179 Å². The summed E-state index contributed by atoms with van der Waals surface area (Å²) in [5.74, 6) is -0.598. The topological polar surface area (TPSA) is 84.0 Å². The second-order valence-electron chi connectivity index (χ2n) is 6.11. The van der Waals surface area contributed by atoms with Gasteiger partial charge in [-0.1, -0.05) is 47.7 Å². The number of carbonyl (C=O) groups is 2. The van der Waals surface area contributed by atoms with Gasteiger partial charge in [0.1, 0.15) is 11.0 Å².